The van der Waals surface area contributed by atoms with Crippen molar-refractivity contribution in [3.8, 4) is 11.4 Å². The van der Waals surface area contributed by atoms with Crippen LogP contribution in [0.25, 0.3) is 11.4 Å². The average Bonchev–Trinajstić information content (AvgIpc) is 2.47. The molecule has 0 saturated carbocycles. The van der Waals surface area contributed by atoms with E-state index in [1.165, 1.54) is 6.07 Å². The van der Waals surface area contributed by atoms with Crippen LogP contribution in [0, 0.1) is 15.2 Å². The van der Waals surface area contributed by atoms with Crippen LogP contribution in [-0.4, -0.2) is 16.5 Å². The fourth-order valence-electron chi connectivity index (χ4n) is 1.83. The van der Waals surface area contributed by atoms with Gasteiger partial charge in [0.05, 0.1) is 13.7 Å². The van der Waals surface area contributed by atoms with Crippen LogP contribution in [-0.2, 0) is 6.42 Å². The Hall–Kier alpha value is -0.830. The first kappa shape index (κ1) is 16.5. The predicted octanol–water partition coefficient (Wildman–Crippen LogP) is 4.78. The second-order valence-corrected chi connectivity index (χ2v) is 6.14. The quantitative estimate of drug-likeness (QED) is 0.519. The molecule has 0 saturated heterocycles. The number of rotatable bonds is 4. The minimum atomic E-state index is -0.933. The van der Waals surface area contributed by atoms with Gasteiger partial charge in [0.15, 0.2) is 17.5 Å². The number of aromatic nitrogens is 2. The van der Waals surface area contributed by atoms with Gasteiger partial charge in [0, 0.05) is 12.1 Å². The topological polar surface area (TPSA) is 37.8 Å². The van der Waals surface area contributed by atoms with E-state index >= 15 is 0 Å². The van der Waals surface area contributed by atoms with Crippen LogP contribution in [0.5, 0.6) is 0 Å². The van der Waals surface area contributed by atoms with Crippen LogP contribution in [0.2, 0.25) is 0 Å². The molecule has 1 aromatic carbocycles. The smallest absolute Gasteiger partial charge is 0.173 e. The molecule has 0 aliphatic carbocycles. The molecule has 0 aliphatic rings. The normalized spacial score (nSPS) is 10.8. The van der Waals surface area contributed by atoms with E-state index in [2.05, 4.69) is 53.8 Å². The molecule has 21 heavy (non-hydrogen) atoms. The van der Waals surface area contributed by atoms with E-state index < -0.39 is 11.6 Å². The second kappa shape index (κ2) is 6.95. The lowest BCUT2D eigenvalue weighted by atomic mass is 10.2. The highest BCUT2D eigenvalue weighted by Gasteiger charge is 2.17. The monoisotopic (exact) mass is 467 g/mol. The molecule has 3 nitrogen and oxygen atoms in total. The van der Waals surface area contributed by atoms with Crippen LogP contribution in [0.1, 0.15) is 19.5 Å². The summed E-state index contributed by atoms with van der Waals surface area (Å²) in [6.07, 6.45) is 0.730. The van der Waals surface area contributed by atoms with Crippen molar-refractivity contribution in [2.24, 2.45) is 0 Å². The average molecular weight is 468 g/mol. The van der Waals surface area contributed by atoms with Crippen LogP contribution in [0.15, 0.2) is 16.6 Å². The summed E-state index contributed by atoms with van der Waals surface area (Å²) in [5.74, 6) is -0.762. The molecular formula is C14H13BrF2IN3. The Labute approximate surface area is 143 Å². The largest absolute Gasteiger partial charge is 0.369 e. The van der Waals surface area contributed by atoms with Gasteiger partial charge in [-0.15, -0.1) is 0 Å². The SMILES string of the molecule is CCNc1nc(-c2ccc(F)c(F)c2Br)nc(CC)c1I. The van der Waals surface area contributed by atoms with Gasteiger partial charge in [-0.25, -0.2) is 18.7 Å². The van der Waals surface area contributed by atoms with Crippen molar-refractivity contribution in [1.29, 1.82) is 0 Å². The van der Waals surface area contributed by atoms with Gasteiger partial charge in [-0.05, 0) is 64.0 Å². The Morgan fingerprint density at radius 3 is 2.57 bits per heavy atom. The third kappa shape index (κ3) is 3.33. The maximum absolute atomic E-state index is 13.7. The Morgan fingerprint density at radius 1 is 1.24 bits per heavy atom. The lowest BCUT2D eigenvalue weighted by molar-refractivity contribution is 0.504. The Balaban J connectivity index is 2.64. The zero-order valence-electron chi connectivity index (χ0n) is 11.5. The van der Waals surface area contributed by atoms with Crippen molar-refractivity contribution in [2.45, 2.75) is 20.3 Å². The van der Waals surface area contributed by atoms with Crippen LogP contribution in [0.3, 0.4) is 0 Å². The molecule has 1 aromatic heterocycles. The van der Waals surface area contributed by atoms with Gasteiger partial charge in [0.25, 0.3) is 0 Å². The summed E-state index contributed by atoms with van der Waals surface area (Å²) < 4.78 is 27.9. The number of hydrogen-bond donors (Lipinski definition) is 1. The molecule has 1 N–H and O–H groups in total. The van der Waals surface area contributed by atoms with E-state index in [1.807, 2.05) is 13.8 Å². The molecule has 1 heterocycles. The van der Waals surface area contributed by atoms with E-state index in [9.17, 15) is 8.78 Å². The van der Waals surface area contributed by atoms with E-state index in [1.54, 1.807) is 0 Å². The Morgan fingerprint density at radius 2 is 1.95 bits per heavy atom. The van der Waals surface area contributed by atoms with Crippen LogP contribution < -0.4 is 5.32 Å². The van der Waals surface area contributed by atoms with E-state index in [-0.39, 0.29) is 4.47 Å². The maximum Gasteiger partial charge on any atom is 0.173 e. The number of halogens is 4. The van der Waals surface area contributed by atoms with Gasteiger partial charge in [-0.1, -0.05) is 6.92 Å². The highest BCUT2D eigenvalue weighted by atomic mass is 127. The molecule has 0 bridgehead atoms. The molecule has 0 atom stereocenters. The summed E-state index contributed by atoms with van der Waals surface area (Å²) in [6.45, 7) is 4.68. The molecule has 0 unspecified atom stereocenters. The first-order valence-corrected chi connectivity index (χ1v) is 8.30. The van der Waals surface area contributed by atoms with E-state index in [0.29, 0.717) is 23.8 Å². The lowest BCUT2D eigenvalue weighted by Crippen LogP contribution is -2.08. The number of nitrogens with zero attached hydrogens (tertiary/aromatic N) is 2. The maximum atomic E-state index is 13.7. The van der Waals surface area contributed by atoms with E-state index in [4.69, 9.17) is 0 Å². The summed E-state index contributed by atoms with van der Waals surface area (Å²) in [5.41, 5.74) is 1.30. The summed E-state index contributed by atoms with van der Waals surface area (Å²) in [4.78, 5) is 8.88. The zero-order chi connectivity index (χ0) is 15.6. The second-order valence-electron chi connectivity index (χ2n) is 4.26. The van der Waals surface area contributed by atoms with Crippen molar-refractivity contribution >= 4 is 44.3 Å². The third-order valence-corrected chi connectivity index (χ3v) is 4.78. The summed E-state index contributed by atoms with van der Waals surface area (Å²) >= 11 is 5.27. The summed E-state index contributed by atoms with van der Waals surface area (Å²) in [7, 11) is 0. The molecule has 2 rings (SSSR count). The summed E-state index contributed by atoms with van der Waals surface area (Å²) in [6, 6.07) is 2.55. The molecule has 0 radical (unpaired) electrons. The molecule has 2 aromatic rings. The minimum Gasteiger partial charge on any atom is -0.369 e. The Bertz CT molecular complexity index is 680. The minimum absolute atomic E-state index is 0.0354. The standard InChI is InChI=1S/C14H13BrF2IN3/c1-3-9-12(18)14(19-4-2)21-13(20-9)7-5-6-8(16)11(17)10(7)15/h5-6H,3-4H2,1-2H3,(H,19,20,21). The third-order valence-electron chi connectivity index (χ3n) is 2.88. The van der Waals surface area contributed by atoms with Gasteiger partial charge < -0.3 is 5.32 Å². The highest BCUT2D eigenvalue weighted by Crippen LogP contribution is 2.32. The molecular weight excluding hydrogens is 455 g/mol. The summed E-state index contributed by atoms with van der Waals surface area (Å²) in [5, 5.41) is 3.16. The molecule has 7 heteroatoms. The van der Waals surface area contributed by atoms with Crippen LogP contribution in [0.4, 0.5) is 14.6 Å². The molecule has 0 aliphatic heterocycles. The van der Waals surface area contributed by atoms with Crippen molar-refractivity contribution in [1.82, 2.24) is 9.97 Å². The fraction of sp³-hybridized carbons (Fsp3) is 0.286. The van der Waals surface area contributed by atoms with Gasteiger partial charge >= 0.3 is 0 Å². The lowest BCUT2D eigenvalue weighted by Gasteiger charge is -2.12. The molecule has 0 amide bonds. The van der Waals surface area contributed by atoms with Gasteiger partial charge in [-0.3, -0.25) is 0 Å². The highest BCUT2D eigenvalue weighted by molar-refractivity contribution is 14.1. The Kier molecular flexibility index (Phi) is 5.48. The first-order chi connectivity index (χ1) is 9.99. The predicted molar refractivity (Wildman–Crippen MR) is 91.3 cm³/mol. The van der Waals surface area contributed by atoms with Crippen molar-refractivity contribution in [2.75, 3.05) is 11.9 Å². The van der Waals surface area contributed by atoms with Gasteiger partial charge in [-0.2, -0.15) is 0 Å². The number of benzene rings is 1. The number of nitrogens with one attached hydrogen (secondary N) is 1. The van der Waals surface area contributed by atoms with Gasteiger partial charge in [0.1, 0.15) is 5.82 Å². The number of hydrogen-bond acceptors (Lipinski definition) is 3. The number of aryl methyl sites for hydroxylation is 1. The van der Waals surface area contributed by atoms with Crippen LogP contribution >= 0.6 is 38.5 Å². The molecule has 0 spiro atoms. The molecule has 112 valence electrons. The first-order valence-electron chi connectivity index (χ1n) is 6.43. The van der Waals surface area contributed by atoms with Crippen molar-refractivity contribution in [3.05, 3.63) is 37.5 Å². The van der Waals surface area contributed by atoms with Crippen molar-refractivity contribution in [3.63, 3.8) is 0 Å². The number of anilines is 1. The van der Waals surface area contributed by atoms with Crippen molar-refractivity contribution < 1.29 is 8.78 Å². The fourth-order valence-corrected chi connectivity index (χ4v) is 3.14. The van der Waals surface area contributed by atoms with E-state index in [0.717, 1.165) is 21.8 Å². The molecule has 0 fully saturated rings. The zero-order valence-corrected chi connectivity index (χ0v) is 15.2. The van der Waals surface area contributed by atoms with Gasteiger partial charge in [0.2, 0.25) is 0 Å².